The number of methoxy groups -OCH3 is 1. The highest BCUT2D eigenvalue weighted by Crippen LogP contribution is 2.15. The second kappa shape index (κ2) is 6.55. The molecule has 0 radical (unpaired) electrons. The van der Waals surface area contributed by atoms with E-state index in [1.54, 1.807) is 26.2 Å². The minimum Gasteiger partial charge on any atom is -0.497 e. The van der Waals surface area contributed by atoms with Crippen LogP contribution < -0.4 is 21.2 Å². The van der Waals surface area contributed by atoms with Crippen molar-refractivity contribution in [2.75, 3.05) is 12.4 Å². The van der Waals surface area contributed by atoms with Gasteiger partial charge in [0.05, 0.1) is 12.8 Å². The van der Waals surface area contributed by atoms with Crippen LogP contribution >= 0.6 is 12.2 Å². The van der Waals surface area contributed by atoms with Crippen LogP contribution in [0, 0.1) is 0 Å². The van der Waals surface area contributed by atoms with Crippen LogP contribution in [0.25, 0.3) is 0 Å². The number of carbonyl (C=O) groups is 1. The molecule has 96 valence electrons. The Kier molecular flexibility index (Phi) is 5.06. The third kappa shape index (κ3) is 4.38. The zero-order valence-electron chi connectivity index (χ0n) is 10.1. The molecule has 4 N–H and O–H groups in total. The number of carbonyl (C=O) groups excluding carboxylic acids is 1. The standard InChI is InChI=1S/C11H14N4O2S/c1-7(14-15-11(12)16)10(18)13-8-3-5-9(17-2)6-4-8/h3-6H,1-2H3,(H,13,18)(H3,12,15,16)/b14-7+. The van der Waals surface area contributed by atoms with Crippen LogP contribution in [0.3, 0.4) is 0 Å². The molecule has 0 aliphatic carbocycles. The molecular formula is C11H14N4O2S. The summed E-state index contributed by atoms with van der Waals surface area (Å²) >= 11 is 5.11. The minimum atomic E-state index is -0.735. The van der Waals surface area contributed by atoms with Crippen LogP contribution in [0.4, 0.5) is 10.5 Å². The third-order valence-corrected chi connectivity index (χ3v) is 2.41. The molecule has 0 fully saturated rings. The summed E-state index contributed by atoms with van der Waals surface area (Å²) in [5, 5.41) is 6.69. The maximum Gasteiger partial charge on any atom is 0.332 e. The highest BCUT2D eigenvalue weighted by atomic mass is 32.1. The van der Waals surface area contributed by atoms with E-state index in [4.69, 9.17) is 22.7 Å². The maximum atomic E-state index is 10.5. The monoisotopic (exact) mass is 266 g/mol. The predicted octanol–water partition coefficient (Wildman–Crippen LogP) is 1.48. The fourth-order valence-corrected chi connectivity index (χ4v) is 1.25. The molecule has 0 spiro atoms. The van der Waals surface area contributed by atoms with E-state index >= 15 is 0 Å². The van der Waals surface area contributed by atoms with Gasteiger partial charge in [0.25, 0.3) is 0 Å². The lowest BCUT2D eigenvalue weighted by Crippen LogP contribution is -2.28. The number of hydrogen-bond acceptors (Lipinski definition) is 4. The number of ether oxygens (including phenoxy) is 1. The number of thiocarbonyl (C=S) groups is 1. The molecule has 0 heterocycles. The van der Waals surface area contributed by atoms with Gasteiger partial charge < -0.3 is 15.8 Å². The minimum absolute atomic E-state index is 0.397. The first-order valence-corrected chi connectivity index (χ1v) is 5.49. The Labute approximate surface area is 110 Å². The lowest BCUT2D eigenvalue weighted by atomic mass is 10.3. The van der Waals surface area contributed by atoms with Crippen LogP contribution in [0.1, 0.15) is 6.92 Å². The fourth-order valence-electron chi connectivity index (χ4n) is 1.09. The summed E-state index contributed by atoms with van der Waals surface area (Å²) < 4.78 is 5.04. The first-order valence-electron chi connectivity index (χ1n) is 5.08. The average Bonchev–Trinajstić information content (AvgIpc) is 2.36. The zero-order chi connectivity index (χ0) is 13.5. The summed E-state index contributed by atoms with van der Waals surface area (Å²) in [6, 6.07) is 6.51. The van der Waals surface area contributed by atoms with Crippen molar-refractivity contribution >= 4 is 34.6 Å². The molecule has 1 rings (SSSR count). The average molecular weight is 266 g/mol. The van der Waals surface area contributed by atoms with Crippen LogP contribution in [0.5, 0.6) is 5.75 Å². The molecule has 1 aromatic carbocycles. The van der Waals surface area contributed by atoms with Gasteiger partial charge in [0.15, 0.2) is 0 Å². The van der Waals surface area contributed by atoms with Gasteiger partial charge in [0.2, 0.25) is 0 Å². The highest BCUT2D eigenvalue weighted by molar-refractivity contribution is 7.82. The van der Waals surface area contributed by atoms with Crippen molar-refractivity contribution in [2.24, 2.45) is 10.8 Å². The van der Waals surface area contributed by atoms with E-state index < -0.39 is 6.03 Å². The number of nitrogens with one attached hydrogen (secondary N) is 2. The molecule has 1 aromatic rings. The summed E-state index contributed by atoms with van der Waals surface area (Å²) in [6.45, 7) is 1.66. The molecule has 0 bridgehead atoms. The summed E-state index contributed by atoms with van der Waals surface area (Å²) in [5.41, 5.74) is 8.26. The molecule has 6 nitrogen and oxygen atoms in total. The molecule has 0 aromatic heterocycles. The van der Waals surface area contributed by atoms with Crippen molar-refractivity contribution in [3.8, 4) is 5.75 Å². The molecular weight excluding hydrogens is 252 g/mol. The number of hydrazone groups is 1. The predicted molar refractivity (Wildman–Crippen MR) is 75.0 cm³/mol. The topological polar surface area (TPSA) is 88.7 Å². The fraction of sp³-hybridized carbons (Fsp3) is 0.182. The van der Waals surface area contributed by atoms with Crippen LogP contribution in [0.2, 0.25) is 0 Å². The quantitative estimate of drug-likeness (QED) is 0.437. The number of hydrogen-bond donors (Lipinski definition) is 3. The van der Waals surface area contributed by atoms with Gasteiger partial charge in [-0.25, -0.2) is 10.2 Å². The number of anilines is 1. The van der Waals surface area contributed by atoms with E-state index in [1.165, 1.54) is 0 Å². The van der Waals surface area contributed by atoms with E-state index in [0.29, 0.717) is 10.7 Å². The second-order valence-electron chi connectivity index (χ2n) is 3.36. The van der Waals surface area contributed by atoms with E-state index in [0.717, 1.165) is 11.4 Å². The number of nitrogens with zero attached hydrogens (tertiary/aromatic N) is 1. The van der Waals surface area contributed by atoms with E-state index in [2.05, 4.69) is 15.8 Å². The lowest BCUT2D eigenvalue weighted by molar-refractivity contribution is 0.249. The van der Waals surface area contributed by atoms with Crippen molar-refractivity contribution in [1.29, 1.82) is 0 Å². The molecule has 0 aliphatic heterocycles. The van der Waals surface area contributed by atoms with E-state index in [1.807, 2.05) is 12.1 Å². The normalized spacial score (nSPS) is 10.7. The van der Waals surface area contributed by atoms with Gasteiger partial charge in [0, 0.05) is 5.69 Å². The first kappa shape index (κ1) is 13.9. The molecule has 0 saturated heterocycles. The second-order valence-corrected chi connectivity index (χ2v) is 3.76. The Hall–Kier alpha value is -2.15. The van der Waals surface area contributed by atoms with Gasteiger partial charge in [-0.3, -0.25) is 0 Å². The molecule has 7 heteroatoms. The van der Waals surface area contributed by atoms with Crippen LogP contribution in [-0.2, 0) is 0 Å². The van der Waals surface area contributed by atoms with Crippen LogP contribution in [-0.4, -0.2) is 23.8 Å². The van der Waals surface area contributed by atoms with E-state index in [-0.39, 0.29) is 0 Å². The Morgan fingerprint density at radius 3 is 2.50 bits per heavy atom. The molecule has 18 heavy (non-hydrogen) atoms. The van der Waals surface area contributed by atoms with Gasteiger partial charge in [-0.2, -0.15) is 5.10 Å². The zero-order valence-corrected chi connectivity index (χ0v) is 10.9. The summed E-state index contributed by atoms with van der Waals surface area (Å²) in [7, 11) is 1.60. The van der Waals surface area contributed by atoms with Crippen molar-refractivity contribution in [3.63, 3.8) is 0 Å². The summed E-state index contributed by atoms with van der Waals surface area (Å²) in [4.78, 5) is 10.9. The van der Waals surface area contributed by atoms with Crippen molar-refractivity contribution in [1.82, 2.24) is 5.43 Å². The Balaban J connectivity index is 2.63. The van der Waals surface area contributed by atoms with Crippen molar-refractivity contribution in [3.05, 3.63) is 24.3 Å². The van der Waals surface area contributed by atoms with Gasteiger partial charge in [-0.15, -0.1) is 0 Å². The SMILES string of the molecule is COc1ccc(NC(=S)/C(C)=N/NC(N)=O)cc1. The van der Waals surface area contributed by atoms with Gasteiger partial charge in [-0.05, 0) is 31.2 Å². The molecule has 0 saturated carbocycles. The molecule has 0 unspecified atom stereocenters. The lowest BCUT2D eigenvalue weighted by Gasteiger charge is -2.08. The Bertz CT molecular complexity index is 470. The smallest absolute Gasteiger partial charge is 0.332 e. The Morgan fingerprint density at radius 1 is 1.39 bits per heavy atom. The van der Waals surface area contributed by atoms with E-state index in [9.17, 15) is 4.79 Å². The van der Waals surface area contributed by atoms with Crippen LogP contribution in [0.15, 0.2) is 29.4 Å². The molecule has 0 atom stereocenters. The Morgan fingerprint density at radius 2 is 2.00 bits per heavy atom. The third-order valence-electron chi connectivity index (χ3n) is 2.01. The first-order chi connectivity index (χ1) is 8.52. The highest BCUT2D eigenvalue weighted by Gasteiger charge is 2.02. The number of amides is 2. The number of benzene rings is 1. The maximum absolute atomic E-state index is 10.5. The number of primary amides is 1. The summed E-state index contributed by atoms with van der Waals surface area (Å²) in [5.74, 6) is 0.757. The van der Waals surface area contributed by atoms with Crippen molar-refractivity contribution < 1.29 is 9.53 Å². The largest absolute Gasteiger partial charge is 0.497 e. The van der Waals surface area contributed by atoms with Crippen molar-refractivity contribution in [2.45, 2.75) is 6.92 Å². The van der Waals surface area contributed by atoms with Gasteiger partial charge >= 0.3 is 6.03 Å². The molecule has 2 amide bonds. The number of urea groups is 1. The van der Waals surface area contributed by atoms with Gasteiger partial charge in [0.1, 0.15) is 10.7 Å². The number of rotatable bonds is 4. The summed E-state index contributed by atoms with van der Waals surface area (Å²) in [6.07, 6.45) is 0. The number of nitrogens with two attached hydrogens (primary N) is 1. The molecule has 0 aliphatic rings. The van der Waals surface area contributed by atoms with Gasteiger partial charge in [-0.1, -0.05) is 12.2 Å².